The van der Waals surface area contributed by atoms with Crippen molar-refractivity contribution in [1.82, 2.24) is 20.1 Å². The van der Waals surface area contributed by atoms with E-state index in [1.165, 1.54) is 18.2 Å². The molecule has 1 amide bonds. The molecule has 31 heavy (non-hydrogen) atoms. The highest BCUT2D eigenvalue weighted by Crippen LogP contribution is 2.35. The van der Waals surface area contributed by atoms with Crippen LogP contribution in [0.3, 0.4) is 0 Å². The molecule has 0 radical (unpaired) electrons. The summed E-state index contributed by atoms with van der Waals surface area (Å²) in [6.45, 7) is 3.40. The van der Waals surface area contributed by atoms with Crippen molar-refractivity contribution in [3.8, 4) is 11.1 Å². The maximum Gasteiger partial charge on any atom is 0.263 e. The molecule has 0 unspecified atom stereocenters. The molecule has 1 aliphatic rings. The van der Waals surface area contributed by atoms with Crippen molar-refractivity contribution >= 4 is 5.91 Å². The molecule has 4 rings (SSSR count). The van der Waals surface area contributed by atoms with E-state index in [2.05, 4.69) is 15.5 Å². The van der Waals surface area contributed by atoms with Crippen LogP contribution >= 0.6 is 0 Å². The number of hydrogen-bond donors (Lipinski definition) is 1. The third kappa shape index (κ3) is 4.12. The molecule has 0 saturated heterocycles. The highest BCUT2D eigenvalue weighted by atomic mass is 19.3. The molecular formula is C22H22F2N4O3. The smallest absolute Gasteiger partial charge is 0.263 e. The van der Waals surface area contributed by atoms with Gasteiger partial charge < -0.3 is 14.3 Å². The van der Waals surface area contributed by atoms with E-state index in [-0.39, 0.29) is 35.2 Å². The minimum absolute atomic E-state index is 0.0212. The van der Waals surface area contributed by atoms with Crippen LogP contribution in [0.25, 0.3) is 11.1 Å². The number of alkyl halides is 2. The van der Waals surface area contributed by atoms with E-state index in [9.17, 15) is 18.4 Å². The fourth-order valence-corrected chi connectivity index (χ4v) is 3.76. The average molecular weight is 428 g/mol. The number of aromatic nitrogens is 3. The van der Waals surface area contributed by atoms with Crippen molar-refractivity contribution in [2.75, 3.05) is 0 Å². The van der Waals surface area contributed by atoms with E-state index in [1.54, 1.807) is 26.1 Å². The number of carbonyl (C=O) groups excluding carboxylic acids is 1. The molecule has 1 N–H and O–H groups in total. The van der Waals surface area contributed by atoms with Gasteiger partial charge in [0.15, 0.2) is 0 Å². The van der Waals surface area contributed by atoms with Gasteiger partial charge in [0.1, 0.15) is 5.56 Å². The van der Waals surface area contributed by atoms with Crippen molar-refractivity contribution in [3.05, 3.63) is 69.3 Å². The summed E-state index contributed by atoms with van der Waals surface area (Å²) in [4.78, 5) is 26.2. The Balaban J connectivity index is 1.76. The van der Waals surface area contributed by atoms with Gasteiger partial charge >= 0.3 is 0 Å². The highest BCUT2D eigenvalue weighted by molar-refractivity contribution is 5.95. The molecule has 9 heteroatoms. The van der Waals surface area contributed by atoms with Gasteiger partial charge in [-0.15, -0.1) is 10.2 Å². The zero-order chi connectivity index (χ0) is 22.1. The maximum absolute atomic E-state index is 13.3. The third-order valence-electron chi connectivity index (χ3n) is 5.60. The van der Waals surface area contributed by atoms with Crippen LogP contribution in [0.2, 0.25) is 0 Å². The molecule has 0 aliphatic heterocycles. The standard InChI is InChI=1S/C22H22F2N4O3/c1-12-19(14-5-3-6-15(9-14)21(23)24)20(29)17(11-28(12)16-7-4-8-16)22(30)25-10-18-27-26-13(2)31-18/h3,5-6,9,11,16,21H,4,7-8,10H2,1-2H3,(H,25,30). The van der Waals surface area contributed by atoms with E-state index in [4.69, 9.17) is 4.42 Å². The quantitative estimate of drug-likeness (QED) is 0.638. The molecule has 0 bridgehead atoms. The Bertz CT molecular complexity index is 1180. The predicted molar refractivity (Wildman–Crippen MR) is 109 cm³/mol. The Labute approximate surface area is 177 Å². The number of nitrogens with zero attached hydrogens (tertiary/aromatic N) is 3. The Morgan fingerprint density at radius 2 is 2.06 bits per heavy atom. The van der Waals surface area contributed by atoms with Crippen molar-refractivity contribution in [1.29, 1.82) is 0 Å². The van der Waals surface area contributed by atoms with Crippen molar-refractivity contribution in [3.63, 3.8) is 0 Å². The number of pyridine rings is 1. The SMILES string of the molecule is Cc1nnc(CNC(=O)c2cn(C3CCC3)c(C)c(-c3cccc(C(F)F)c3)c2=O)o1. The first-order chi connectivity index (χ1) is 14.8. The van der Waals surface area contributed by atoms with Crippen LogP contribution in [0.5, 0.6) is 0 Å². The second-order valence-corrected chi connectivity index (χ2v) is 7.65. The van der Waals surface area contributed by atoms with E-state index >= 15 is 0 Å². The number of nitrogens with one attached hydrogen (secondary N) is 1. The zero-order valence-corrected chi connectivity index (χ0v) is 17.2. The molecular weight excluding hydrogens is 406 g/mol. The van der Waals surface area contributed by atoms with Crippen molar-refractivity contribution < 1.29 is 18.0 Å². The van der Waals surface area contributed by atoms with Gasteiger partial charge in [0.2, 0.25) is 17.2 Å². The number of halogens is 2. The van der Waals surface area contributed by atoms with Gasteiger partial charge in [-0.2, -0.15) is 0 Å². The van der Waals surface area contributed by atoms with Gasteiger partial charge in [-0.3, -0.25) is 9.59 Å². The van der Waals surface area contributed by atoms with E-state index in [1.807, 2.05) is 4.57 Å². The first-order valence-electron chi connectivity index (χ1n) is 10.1. The van der Waals surface area contributed by atoms with Crippen molar-refractivity contribution in [2.24, 2.45) is 0 Å². The van der Waals surface area contributed by atoms with E-state index < -0.39 is 17.8 Å². The lowest BCUT2D eigenvalue weighted by atomic mass is 9.91. The van der Waals surface area contributed by atoms with Crippen LogP contribution in [-0.4, -0.2) is 20.7 Å². The Morgan fingerprint density at radius 1 is 1.29 bits per heavy atom. The van der Waals surface area contributed by atoms with E-state index in [0.29, 0.717) is 17.1 Å². The van der Waals surface area contributed by atoms with Gasteiger partial charge in [0, 0.05) is 36.0 Å². The summed E-state index contributed by atoms with van der Waals surface area (Å²) < 4.78 is 33.6. The van der Waals surface area contributed by atoms with Crippen LogP contribution in [0.1, 0.15) is 65.1 Å². The number of amides is 1. The molecule has 1 saturated carbocycles. The normalized spacial score (nSPS) is 14.0. The van der Waals surface area contributed by atoms with Gasteiger partial charge in [-0.05, 0) is 37.8 Å². The number of rotatable bonds is 6. The second kappa shape index (κ2) is 8.41. The summed E-state index contributed by atoms with van der Waals surface area (Å²) in [5.74, 6) is 0.00968. The fraction of sp³-hybridized carbons (Fsp3) is 0.364. The maximum atomic E-state index is 13.3. The summed E-state index contributed by atoms with van der Waals surface area (Å²) in [7, 11) is 0. The lowest BCUT2D eigenvalue weighted by Crippen LogP contribution is -2.32. The Kier molecular flexibility index (Phi) is 5.67. The molecule has 7 nitrogen and oxygen atoms in total. The number of benzene rings is 1. The van der Waals surface area contributed by atoms with Crippen LogP contribution in [0.4, 0.5) is 8.78 Å². The average Bonchev–Trinajstić information content (AvgIpc) is 3.12. The fourth-order valence-electron chi connectivity index (χ4n) is 3.76. The lowest BCUT2D eigenvalue weighted by molar-refractivity contribution is 0.0944. The number of hydrogen-bond acceptors (Lipinski definition) is 5. The molecule has 1 fully saturated rings. The summed E-state index contributed by atoms with van der Waals surface area (Å²) in [6, 6.07) is 5.90. The first-order valence-corrected chi connectivity index (χ1v) is 10.1. The molecule has 2 aromatic heterocycles. The summed E-state index contributed by atoms with van der Waals surface area (Å²) in [5, 5.41) is 10.2. The highest BCUT2D eigenvalue weighted by Gasteiger charge is 2.26. The molecule has 0 atom stereocenters. The van der Waals surface area contributed by atoms with Crippen molar-refractivity contribution in [2.45, 2.75) is 52.1 Å². The van der Waals surface area contributed by atoms with Gasteiger partial charge in [0.25, 0.3) is 12.3 Å². The minimum Gasteiger partial charge on any atom is -0.424 e. The number of aryl methyl sites for hydroxylation is 1. The third-order valence-corrected chi connectivity index (χ3v) is 5.60. The van der Waals surface area contributed by atoms with Crippen LogP contribution in [0.15, 0.2) is 39.7 Å². The largest absolute Gasteiger partial charge is 0.424 e. The summed E-state index contributed by atoms with van der Waals surface area (Å²) in [6.07, 6.45) is 1.84. The molecule has 1 aliphatic carbocycles. The second-order valence-electron chi connectivity index (χ2n) is 7.65. The monoisotopic (exact) mass is 428 g/mol. The van der Waals surface area contributed by atoms with Gasteiger partial charge in [0.05, 0.1) is 6.54 Å². The minimum atomic E-state index is -2.65. The summed E-state index contributed by atoms with van der Waals surface area (Å²) >= 11 is 0. The molecule has 162 valence electrons. The zero-order valence-electron chi connectivity index (χ0n) is 17.2. The van der Waals surface area contributed by atoms with Crippen LogP contribution in [-0.2, 0) is 6.54 Å². The topological polar surface area (TPSA) is 90.0 Å². The number of carbonyl (C=O) groups is 1. The van der Waals surface area contributed by atoms with E-state index in [0.717, 1.165) is 19.3 Å². The van der Waals surface area contributed by atoms with Crippen LogP contribution in [0, 0.1) is 13.8 Å². The van der Waals surface area contributed by atoms with Gasteiger partial charge in [-0.1, -0.05) is 18.2 Å². The van der Waals surface area contributed by atoms with Gasteiger partial charge in [-0.25, -0.2) is 8.78 Å². The predicted octanol–water partition coefficient (Wildman–Crippen LogP) is 4.11. The first kappa shape index (κ1) is 20.9. The molecule has 2 heterocycles. The Hall–Kier alpha value is -3.36. The molecule has 0 spiro atoms. The molecule has 3 aromatic rings. The summed E-state index contributed by atoms with van der Waals surface area (Å²) in [5.41, 5.74) is 0.564. The van der Waals surface area contributed by atoms with Crippen LogP contribution < -0.4 is 10.7 Å². The Morgan fingerprint density at radius 3 is 2.68 bits per heavy atom. The lowest BCUT2D eigenvalue weighted by Gasteiger charge is -2.31. The molecule has 1 aromatic carbocycles.